The topological polar surface area (TPSA) is 43.1 Å². The number of hydrogen-bond donors (Lipinski definition) is 1. The van der Waals surface area contributed by atoms with Gasteiger partial charge in [-0.25, -0.2) is 0 Å². The lowest BCUT2D eigenvalue weighted by molar-refractivity contribution is -0.120. The molecule has 0 saturated heterocycles. The number of rotatable bonds is 4. The first-order valence-corrected chi connectivity index (χ1v) is 6.59. The van der Waals surface area contributed by atoms with Gasteiger partial charge in [0.2, 0.25) is 0 Å². The van der Waals surface area contributed by atoms with Crippen LogP contribution in [-0.2, 0) is 16.6 Å². The smallest absolute Gasteiger partial charge is 0.154 e. The van der Waals surface area contributed by atoms with Crippen molar-refractivity contribution in [1.82, 2.24) is 0 Å². The molecule has 2 nitrogen and oxygen atoms in total. The number of nitrogens with two attached hydrogens (primary N) is 1. The van der Waals surface area contributed by atoms with Crippen LogP contribution in [0.25, 0.3) is 0 Å². The molecule has 1 atom stereocenters. The van der Waals surface area contributed by atoms with Gasteiger partial charge in [-0.15, -0.1) is 0 Å². The van der Waals surface area contributed by atoms with E-state index in [2.05, 4.69) is 32.9 Å². The summed E-state index contributed by atoms with van der Waals surface area (Å²) in [6, 6.07) is 7.91. The number of carbonyl (C=O) groups is 1. The number of Topliss-reactive ketones (excluding diaryl/α,β-unsaturated/α-hetero) is 1. The molecule has 0 aliphatic heterocycles. The molecule has 0 spiro atoms. The van der Waals surface area contributed by atoms with Crippen molar-refractivity contribution in [1.29, 1.82) is 0 Å². The van der Waals surface area contributed by atoms with Crippen LogP contribution in [0.15, 0.2) is 24.3 Å². The second kappa shape index (κ2) is 5.66. The molecule has 100 valence electrons. The van der Waals surface area contributed by atoms with Crippen molar-refractivity contribution in [2.24, 2.45) is 11.7 Å². The second-order valence-corrected chi connectivity index (χ2v) is 6.36. The number of ketones is 1. The van der Waals surface area contributed by atoms with Crippen LogP contribution in [0.5, 0.6) is 0 Å². The molecule has 0 amide bonds. The number of hydrogen-bond acceptors (Lipinski definition) is 2. The van der Waals surface area contributed by atoms with Gasteiger partial charge in [0.25, 0.3) is 0 Å². The minimum Gasteiger partial charge on any atom is -0.321 e. The Balaban J connectivity index is 2.73. The van der Waals surface area contributed by atoms with Crippen LogP contribution >= 0.6 is 0 Å². The van der Waals surface area contributed by atoms with Gasteiger partial charge >= 0.3 is 0 Å². The molecular formula is C16H25NO. The molecule has 0 bridgehead atoms. The number of benzene rings is 1. The second-order valence-electron chi connectivity index (χ2n) is 6.36. The highest BCUT2D eigenvalue weighted by molar-refractivity contribution is 5.86. The first-order valence-electron chi connectivity index (χ1n) is 6.59. The minimum atomic E-state index is -0.354. The Bertz CT molecular complexity index is 398. The summed E-state index contributed by atoms with van der Waals surface area (Å²) in [5.74, 6) is 0.319. The fourth-order valence-corrected chi connectivity index (χ4v) is 1.81. The molecule has 2 N–H and O–H groups in total. The van der Waals surface area contributed by atoms with Crippen LogP contribution in [0.2, 0.25) is 0 Å². The van der Waals surface area contributed by atoms with Crippen molar-refractivity contribution in [3.05, 3.63) is 35.4 Å². The average Bonchev–Trinajstić information content (AvgIpc) is 2.27. The molecule has 0 aromatic heterocycles. The van der Waals surface area contributed by atoms with E-state index in [1.165, 1.54) is 5.56 Å². The van der Waals surface area contributed by atoms with Crippen molar-refractivity contribution in [2.75, 3.05) is 0 Å². The Morgan fingerprint density at radius 3 is 2.06 bits per heavy atom. The molecule has 18 heavy (non-hydrogen) atoms. The maximum absolute atomic E-state index is 11.9. The predicted molar refractivity (Wildman–Crippen MR) is 76.7 cm³/mol. The van der Waals surface area contributed by atoms with Gasteiger partial charge < -0.3 is 5.73 Å². The number of carbonyl (C=O) groups excluding carboxylic acids is 1. The molecule has 0 saturated carbocycles. The van der Waals surface area contributed by atoms with Crippen LogP contribution in [0.1, 0.15) is 45.7 Å². The van der Waals surface area contributed by atoms with Crippen LogP contribution in [-0.4, -0.2) is 11.8 Å². The van der Waals surface area contributed by atoms with E-state index >= 15 is 0 Å². The summed E-state index contributed by atoms with van der Waals surface area (Å²) in [6.45, 7) is 10.5. The largest absolute Gasteiger partial charge is 0.321 e. The van der Waals surface area contributed by atoms with E-state index in [0.717, 1.165) is 5.56 Å². The molecule has 0 aliphatic carbocycles. The molecule has 1 aromatic rings. The molecule has 0 aliphatic rings. The first-order chi connectivity index (χ1) is 8.21. The van der Waals surface area contributed by atoms with Crippen molar-refractivity contribution < 1.29 is 4.79 Å². The van der Waals surface area contributed by atoms with E-state index in [1.54, 1.807) is 0 Å². The maximum Gasteiger partial charge on any atom is 0.154 e. The molecule has 1 rings (SSSR count). The van der Waals surface area contributed by atoms with Gasteiger partial charge in [0.1, 0.15) is 0 Å². The lowest BCUT2D eigenvalue weighted by Gasteiger charge is -2.19. The monoisotopic (exact) mass is 247 g/mol. The Morgan fingerprint density at radius 1 is 1.17 bits per heavy atom. The zero-order chi connectivity index (χ0) is 13.9. The van der Waals surface area contributed by atoms with Crippen LogP contribution in [0.4, 0.5) is 0 Å². The molecule has 0 heterocycles. The van der Waals surface area contributed by atoms with E-state index in [4.69, 9.17) is 5.73 Å². The molecular weight excluding hydrogens is 222 g/mol. The van der Waals surface area contributed by atoms with E-state index in [9.17, 15) is 4.79 Å². The third-order valence-corrected chi connectivity index (χ3v) is 3.29. The zero-order valence-corrected chi connectivity index (χ0v) is 12.2. The van der Waals surface area contributed by atoms with E-state index < -0.39 is 0 Å². The van der Waals surface area contributed by atoms with Gasteiger partial charge in [-0.3, -0.25) is 4.79 Å². The predicted octanol–water partition coefficient (Wildman–Crippen LogP) is 3.08. The summed E-state index contributed by atoms with van der Waals surface area (Å²) >= 11 is 0. The first kappa shape index (κ1) is 14.9. The minimum absolute atomic E-state index is 0.119. The maximum atomic E-state index is 11.9. The van der Waals surface area contributed by atoms with Crippen LogP contribution in [0.3, 0.4) is 0 Å². The highest BCUT2D eigenvalue weighted by Crippen LogP contribution is 2.22. The fraction of sp³-hybridized carbons (Fsp3) is 0.562. The summed E-state index contributed by atoms with van der Waals surface area (Å²) in [5, 5.41) is 0. The SMILES string of the molecule is CC(C)C(N)C(=O)Cc1ccc(C(C)(C)C)cc1. The summed E-state index contributed by atoms with van der Waals surface area (Å²) in [5.41, 5.74) is 8.34. The van der Waals surface area contributed by atoms with Crippen molar-refractivity contribution in [3.63, 3.8) is 0 Å². The quantitative estimate of drug-likeness (QED) is 0.888. The summed E-state index contributed by atoms with van der Waals surface area (Å²) in [6.07, 6.45) is 0.434. The Morgan fingerprint density at radius 2 is 1.67 bits per heavy atom. The van der Waals surface area contributed by atoms with Crippen molar-refractivity contribution >= 4 is 5.78 Å². The van der Waals surface area contributed by atoms with E-state index in [1.807, 2.05) is 26.0 Å². The normalized spacial score (nSPS) is 13.7. The highest BCUT2D eigenvalue weighted by Gasteiger charge is 2.18. The van der Waals surface area contributed by atoms with Gasteiger partial charge in [0.15, 0.2) is 5.78 Å². The van der Waals surface area contributed by atoms with Gasteiger partial charge in [-0.05, 0) is 22.5 Å². The van der Waals surface area contributed by atoms with Crippen molar-refractivity contribution in [2.45, 2.75) is 52.5 Å². The zero-order valence-electron chi connectivity index (χ0n) is 12.2. The molecule has 1 unspecified atom stereocenters. The molecule has 1 aromatic carbocycles. The Hall–Kier alpha value is -1.15. The fourth-order valence-electron chi connectivity index (χ4n) is 1.81. The molecule has 2 heteroatoms. The third kappa shape index (κ3) is 3.95. The summed E-state index contributed by atoms with van der Waals surface area (Å²) in [7, 11) is 0. The summed E-state index contributed by atoms with van der Waals surface area (Å²) < 4.78 is 0. The third-order valence-electron chi connectivity index (χ3n) is 3.29. The van der Waals surface area contributed by atoms with Gasteiger partial charge in [-0.1, -0.05) is 58.9 Å². The Labute approximate surface area is 111 Å². The van der Waals surface area contributed by atoms with Crippen molar-refractivity contribution in [3.8, 4) is 0 Å². The highest BCUT2D eigenvalue weighted by atomic mass is 16.1. The standard InChI is InChI=1S/C16H25NO/c1-11(2)15(17)14(18)10-12-6-8-13(9-7-12)16(3,4)5/h6-9,11,15H,10,17H2,1-5H3. The lowest BCUT2D eigenvalue weighted by Crippen LogP contribution is -2.36. The molecule has 0 fully saturated rings. The lowest BCUT2D eigenvalue weighted by atomic mass is 9.86. The summed E-state index contributed by atoms with van der Waals surface area (Å²) in [4.78, 5) is 11.9. The Kier molecular flexibility index (Phi) is 4.69. The average molecular weight is 247 g/mol. The van der Waals surface area contributed by atoms with Gasteiger partial charge in [-0.2, -0.15) is 0 Å². The van der Waals surface area contributed by atoms with Crippen LogP contribution < -0.4 is 5.73 Å². The molecule has 0 radical (unpaired) electrons. The van der Waals surface area contributed by atoms with E-state index in [0.29, 0.717) is 6.42 Å². The van der Waals surface area contributed by atoms with Crippen LogP contribution in [0, 0.1) is 5.92 Å². The van der Waals surface area contributed by atoms with Gasteiger partial charge in [0, 0.05) is 6.42 Å². The van der Waals surface area contributed by atoms with Gasteiger partial charge in [0.05, 0.1) is 6.04 Å². The van der Waals surface area contributed by atoms with E-state index in [-0.39, 0.29) is 23.2 Å².